The fourth-order valence-electron chi connectivity index (χ4n) is 2.54. The molecule has 0 saturated carbocycles. The third-order valence-corrected chi connectivity index (χ3v) is 3.53. The van der Waals surface area contributed by atoms with Crippen molar-refractivity contribution >= 4 is 5.91 Å². The second kappa shape index (κ2) is 5.70. The van der Waals surface area contributed by atoms with Gasteiger partial charge in [0.05, 0.1) is 0 Å². The number of benzene rings is 2. The highest BCUT2D eigenvalue weighted by atomic mass is 16.1. The van der Waals surface area contributed by atoms with E-state index in [1.165, 1.54) is 22.3 Å². The molecule has 0 aliphatic heterocycles. The molecular weight excluding hydrogens is 234 g/mol. The van der Waals surface area contributed by atoms with Crippen molar-refractivity contribution in [3.8, 4) is 0 Å². The Morgan fingerprint density at radius 3 is 1.74 bits per heavy atom. The molecule has 98 valence electrons. The van der Waals surface area contributed by atoms with Gasteiger partial charge in [0.15, 0.2) is 0 Å². The smallest absolute Gasteiger partial charge is 0.218 e. The largest absolute Gasteiger partial charge is 0.370 e. The maximum absolute atomic E-state index is 11.4. The third kappa shape index (κ3) is 3.02. The molecule has 0 aromatic heterocycles. The number of amides is 1. The van der Waals surface area contributed by atoms with Crippen LogP contribution in [0.1, 0.15) is 34.6 Å². The molecule has 0 aliphatic rings. The first-order valence-electron chi connectivity index (χ1n) is 6.49. The first-order chi connectivity index (χ1) is 9.09. The number of hydrogen-bond acceptors (Lipinski definition) is 1. The van der Waals surface area contributed by atoms with E-state index in [1.54, 1.807) is 0 Å². The first-order valence-corrected chi connectivity index (χ1v) is 6.49. The van der Waals surface area contributed by atoms with Crippen molar-refractivity contribution in [3.63, 3.8) is 0 Å². The highest BCUT2D eigenvalue weighted by molar-refractivity contribution is 5.75. The van der Waals surface area contributed by atoms with E-state index in [-0.39, 0.29) is 11.8 Å². The van der Waals surface area contributed by atoms with Crippen molar-refractivity contribution in [1.82, 2.24) is 0 Å². The monoisotopic (exact) mass is 253 g/mol. The topological polar surface area (TPSA) is 43.1 Å². The van der Waals surface area contributed by atoms with Gasteiger partial charge in [-0.25, -0.2) is 0 Å². The summed E-state index contributed by atoms with van der Waals surface area (Å²) in [5.41, 5.74) is 10.2. The molecule has 0 aliphatic carbocycles. The standard InChI is InChI=1S/C17H19NO/c1-12-7-3-5-9-14(12)16(11-17(18)19)15-10-6-4-8-13(15)2/h3-10,16H,11H2,1-2H3,(H2,18,19). The minimum Gasteiger partial charge on any atom is -0.370 e. The normalized spacial score (nSPS) is 10.7. The molecule has 0 radical (unpaired) electrons. The Kier molecular flexibility index (Phi) is 4.00. The van der Waals surface area contributed by atoms with E-state index in [0.717, 1.165) is 0 Å². The predicted octanol–water partition coefficient (Wildman–Crippen LogP) is 3.31. The molecule has 0 saturated heterocycles. The van der Waals surface area contributed by atoms with Gasteiger partial charge in [0.1, 0.15) is 0 Å². The molecule has 0 unspecified atom stereocenters. The Balaban J connectivity index is 2.51. The van der Waals surface area contributed by atoms with Crippen LogP contribution < -0.4 is 5.73 Å². The Morgan fingerprint density at radius 1 is 0.947 bits per heavy atom. The number of carbonyl (C=O) groups excluding carboxylic acids is 1. The van der Waals surface area contributed by atoms with E-state index in [1.807, 2.05) is 24.3 Å². The van der Waals surface area contributed by atoms with Crippen LogP contribution in [0.15, 0.2) is 48.5 Å². The summed E-state index contributed by atoms with van der Waals surface area (Å²) in [6.07, 6.45) is 0.343. The molecule has 0 spiro atoms. The number of nitrogens with two attached hydrogens (primary N) is 1. The molecule has 2 N–H and O–H groups in total. The lowest BCUT2D eigenvalue weighted by Gasteiger charge is -2.20. The Hall–Kier alpha value is -2.09. The van der Waals surface area contributed by atoms with Crippen molar-refractivity contribution in [1.29, 1.82) is 0 Å². The summed E-state index contributed by atoms with van der Waals surface area (Å²) < 4.78 is 0. The van der Waals surface area contributed by atoms with Gasteiger partial charge in [-0.15, -0.1) is 0 Å². The summed E-state index contributed by atoms with van der Waals surface area (Å²) in [6, 6.07) is 16.3. The van der Waals surface area contributed by atoms with Gasteiger partial charge in [0, 0.05) is 12.3 Å². The maximum Gasteiger partial charge on any atom is 0.218 e. The molecule has 2 aromatic carbocycles. The molecule has 2 heteroatoms. The van der Waals surface area contributed by atoms with E-state index < -0.39 is 0 Å². The predicted molar refractivity (Wildman–Crippen MR) is 78.0 cm³/mol. The van der Waals surface area contributed by atoms with E-state index >= 15 is 0 Å². The quantitative estimate of drug-likeness (QED) is 0.892. The lowest BCUT2D eigenvalue weighted by atomic mass is 9.84. The number of aryl methyl sites for hydroxylation is 2. The van der Waals surface area contributed by atoms with Crippen molar-refractivity contribution in [2.75, 3.05) is 0 Å². The van der Waals surface area contributed by atoms with Crippen LogP contribution in [-0.4, -0.2) is 5.91 Å². The van der Waals surface area contributed by atoms with Crippen molar-refractivity contribution in [2.24, 2.45) is 5.73 Å². The van der Waals surface area contributed by atoms with Gasteiger partial charge in [0.2, 0.25) is 5.91 Å². The van der Waals surface area contributed by atoms with Gasteiger partial charge in [-0.05, 0) is 36.1 Å². The van der Waals surface area contributed by atoms with Crippen LogP contribution in [0.3, 0.4) is 0 Å². The van der Waals surface area contributed by atoms with Crippen LogP contribution in [0.5, 0.6) is 0 Å². The van der Waals surface area contributed by atoms with Crippen LogP contribution in [0.4, 0.5) is 0 Å². The van der Waals surface area contributed by atoms with Gasteiger partial charge >= 0.3 is 0 Å². The average molecular weight is 253 g/mol. The summed E-state index contributed by atoms with van der Waals surface area (Å²) in [7, 11) is 0. The van der Waals surface area contributed by atoms with Crippen LogP contribution in [0.25, 0.3) is 0 Å². The average Bonchev–Trinajstić information content (AvgIpc) is 2.37. The summed E-state index contributed by atoms with van der Waals surface area (Å²) in [4.78, 5) is 11.4. The zero-order chi connectivity index (χ0) is 13.8. The van der Waals surface area contributed by atoms with Gasteiger partial charge < -0.3 is 5.73 Å². The summed E-state index contributed by atoms with van der Waals surface area (Å²) >= 11 is 0. The lowest BCUT2D eigenvalue weighted by molar-refractivity contribution is -0.118. The van der Waals surface area contributed by atoms with E-state index in [2.05, 4.69) is 38.1 Å². The number of hydrogen-bond donors (Lipinski definition) is 1. The first kappa shape index (κ1) is 13.3. The highest BCUT2D eigenvalue weighted by Crippen LogP contribution is 2.31. The SMILES string of the molecule is Cc1ccccc1C(CC(N)=O)c1ccccc1C. The Labute approximate surface area is 114 Å². The van der Waals surface area contributed by atoms with E-state index in [0.29, 0.717) is 6.42 Å². The van der Waals surface area contributed by atoms with Gasteiger partial charge in [-0.2, -0.15) is 0 Å². The molecule has 0 bridgehead atoms. The number of primary amides is 1. The number of rotatable bonds is 4. The van der Waals surface area contributed by atoms with Crippen LogP contribution >= 0.6 is 0 Å². The van der Waals surface area contributed by atoms with Crippen LogP contribution in [0, 0.1) is 13.8 Å². The van der Waals surface area contributed by atoms with E-state index in [9.17, 15) is 4.79 Å². The second-order valence-corrected chi connectivity index (χ2v) is 4.94. The van der Waals surface area contributed by atoms with Crippen LogP contribution in [0.2, 0.25) is 0 Å². The van der Waals surface area contributed by atoms with E-state index in [4.69, 9.17) is 5.73 Å². The number of carbonyl (C=O) groups is 1. The molecule has 1 amide bonds. The Morgan fingerprint density at radius 2 is 1.37 bits per heavy atom. The fraction of sp³-hybridized carbons (Fsp3) is 0.235. The summed E-state index contributed by atoms with van der Waals surface area (Å²) in [5.74, 6) is -0.226. The Bertz CT molecular complexity index is 544. The summed E-state index contributed by atoms with van der Waals surface area (Å²) in [5, 5.41) is 0. The second-order valence-electron chi connectivity index (χ2n) is 4.94. The van der Waals surface area contributed by atoms with Gasteiger partial charge in [-0.1, -0.05) is 48.5 Å². The molecule has 0 heterocycles. The molecule has 2 aromatic rings. The van der Waals surface area contributed by atoms with Crippen molar-refractivity contribution in [2.45, 2.75) is 26.2 Å². The molecule has 0 fully saturated rings. The molecule has 19 heavy (non-hydrogen) atoms. The highest BCUT2D eigenvalue weighted by Gasteiger charge is 2.19. The third-order valence-electron chi connectivity index (χ3n) is 3.53. The van der Waals surface area contributed by atoms with Crippen molar-refractivity contribution in [3.05, 3.63) is 70.8 Å². The van der Waals surface area contributed by atoms with Crippen LogP contribution in [-0.2, 0) is 4.79 Å². The maximum atomic E-state index is 11.4. The minimum absolute atomic E-state index is 0.0416. The van der Waals surface area contributed by atoms with Crippen molar-refractivity contribution < 1.29 is 4.79 Å². The summed E-state index contributed by atoms with van der Waals surface area (Å²) in [6.45, 7) is 4.14. The zero-order valence-corrected chi connectivity index (χ0v) is 11.4. The minimum atomic E-state index is -0.267. The van der Waals surface area contributed by atoms with Gasteiger partial charge in [0.25, 0.3) is 0 Å². The molecule has 0 atom stereocenters. The molecular formula is C17H19NO. The fourth-order valence-corrected chi connectivity index (χ4v) is 2.54. The molecule has 2 nitrogen and oxygen atoms in total. The van der Waals surface area contributed by atoms with Gasteiger partial charge in [-0.3, -0.25) is 4.79 Å². The lowest BCUT2D eigenvalue weighted by Crippen LogP contribution is -2.17. The zero-order valence-electron chi connectivity index (χ0n) is 11.4. The molecule has 2 rings (SSSR count).